The molecule has 1 nitrogen and oxygen atoms in total. The average Bonchev–Trinajstić information content (AvgIpc) is 3.84. The number of fused-ring (bicyclic) bond motifs is 6. The van der Waals surface area contributed by atoms with Crippen LogP contribution in [0.15, 0.2) is 261 Å². The Hall–Kier alpha value is -8.78. The van der Waals surface area contributed by atoms with Crippen molar-refractivity contribution in [2.24, 2.45) is 0 Å². The molecule has 0 amide bonds. The highest BCUT2D eigenvalue weighted by molar-refractivity contribution is 6.06. The van der Waals surface area contributed by atoms with Gasteiger partial charge in [0.2, 0.25) is 0 Å². The van der Waals surface area contributed by atoms with Crippen molar-refractivity contribution in [2.75, 3.05) is 4.90 Å². The number of hydrogen-bond acceptors (Lipinski definition) is 1. The second-order valence-corrected chi connectivity index (χ2v) is 20.8. The number of anilines is 3. The van der Waals surface area contributed by atoms with E-state index in [2.05, 4.69) is 293 Å². The smallest absolute Gasteiger partial charge is 0.0546 e. The summed E-state index contributed by atoms with van der Waals surface area (Å²) in [6.07, 6.45) is 0. The highest BCUT2D eigenvalue weighted by Crippen LogP contribution is 2.57. The first kappa shape index (κ1) is 44.2. The summed E-state index contributed by atoms with van der Waals surface area (Å²) in [7, 11) is 0. The minimum atomic E-state index is -0.156. The predicted octanol–water partition coefficient (Wildman–Crippen LogP) is 19.8. The Bertz CT molecular complexity index is 3880. The monoisotopic (exact) mass is 933 g/mol. The number of rotatable bonds is 9. The van der Waals surface area contributed by atoms with Crippen LogP contribution in [0.4, 0.5) is 17.1 Å². The molecule has 2 aliphatic rings. The molecule has 0 radical (unpaired) electrons. The fraction of sp³-hybridized carbons (Fsp3) is 0.0833. The lowest BCUT2D eigenvalue weighted by Crippen LogP contribution is -2.15. The third kappa shape index (κ3) is 7.21. The minimum absolute atomic E-state index is 0.0907. The Balaban J connectivity index is 1.11. The molecule has 0 spiro atoms. The van der Waals surface area contributed by atoms with E-state index < -0.39 is 0 Å². The topological polar surface area (TPSA) is 3.24 Å². The molecule has 0 atom stereocenters. The Morgan fingerprint density at radius 2 is 0.630 bits per heavy atom. The molecule has 0 unspecified atom stereocenters. The first-order valence-electron chi connectivity index (χ1n) is 25.7. The minimum Gasteiger partial charge on any atom is -0.309 e. The van der Waals surface area contributed by atoms with Crippen molar-refractivity contribution in [1.29, 1.82) is 0 Å². The summed E-state index contributed by atoms with van der Waals surface area (Å²) >= 11 is 0. The third-order valence-electron chi connectivity index (χ3n) is 15.9. The SMILES string of the molecule is CC1(C)c2ccccc2-c2c(-c3ccc(N(c4ccc(-c5ccccc5)cc4-c4ccccc4)c4cccc(-c5cccc6c5-c5ccccc5C6(C)C)c4-c4ccccc4-c4ccccc4)cc3)cccc21. The van der Waals surface area contributed by atoms with Crippen molar-refractivity contribution in [1.82, 2.24) is 0 Å². The van der Waals surface area contributed by atoms with E-state index in [0.717, 1.165) is 28.2 Å². The van der Waals surface area contributed by atoms with Crippen molar-refractivity contribution in [2.45, 2.75) is 38.5 Å². The molecule has 0 heterocycles. The molecular weight excluding hydrogens is 879 g/mol. The summed E-state index contributed by atoms with van der Waals surface area (Å²) in [5.41, 5.74) is 28.0. The predicted molar refractivity (Wildman–Crippen MR) is 309 cm³/mol. The number of hydrogen-bond donors (Lipinski definition) is 0. The normalized spacial score (nSPS) is 13.4. The van der Waals surface area contributed by atoms with Crippen LogP contribution in [0.5, 0.6) is 0 Å². The van der Waals surface area contributed by atoms with Crippen molar-refractivity contribution >= 4 is 17.1 Å². The first-order valence-corrected chi connectivity index (χ1v) is 25.7. The number of benzene rings is 11. The molecule has 0 fully saturated rings. The van der Waals surface area contributed by atoms with E-state index >= 15 is 0 Å². The van der Waals surface area contributed by atoms with Gasteiger partial charge < -0.3 is 4.90 Å². The summed E-state index contributed by atoms with van der Waals surface area (Å²) in [4.78, 5) is 2.54. The largest absolute Gasteiger partial charge is 0.309 e. The van der Waals surface area contributed by atoms with Crippen LogP contribution in [0.3, 0.4) is 0 Å². The molecule has 0 aliphatic heterocycles. The molecule has 11 aromatic carbocycles. The van der Waals surface area contributed by atoms with Crippen LogP contribution in [-0.2, 0) is 10.8 Å². The maximum Gasteiger partial charge on any atom is 0.0546 e. The standard InChI is InChI=1S/C72H55N/c1-71(2)62-36-18-16-31-59(62)68-55(33-20-38-64(68)71)51-41-44-53(45-42-51)73(66-46-43-52(48-23-8-5-9-24-48)47-61(66)50-27-12-7-13-28-50)67-40-22-35-58(70(67)56-30-15-14-29-54(56)49-25-10-6-11-26-49)57-34-21-39-65-69(57)60-32-17-19-37-63(60)72(65,3)4/h5-47H,1-4H3. The van der Waals surface area contributed by atoms with Gasteiger partial charge in [-0.25, -0.2) is 0 Å². The summed E-state index contributed by atoms with van der Waals surface area (Å²) < 4.78 is 0. The van der Waals surface area contributed by atoms with Crippen molar-refractivity contribution in [3.8, 4) is 89.0 Å². The second kappa shape index (κ2) is 17.5. The molecule has 0 saturated heterocycles. The van der Waals surface area contributed by atoms with E-state index in [0.29, 0.717) is 0 Å². The van der Waals surface area contributed by atoms with Gasteiger partial charge in [-0.2, -0.15) is 0 Å². The summed E-state index contributed by atoms with van der Waals surface area (Å²) in [6.45, 7) is 9.48. The molecule has 0 N–H and O–H groups in total. The second-order valence-electron chi connectivity index (χ2n) is 20.8. The first-order chi connectivity index (χ1) is 35.8. The van der Waals surface area contributed by atoms with Crippen LogP contribution < -0.4 is 4.90 Å². The Morgan fingerprint density at radius 1 is 0.233 bits per heavy atom. The lowest BCUT2D eigenvalue weighted by atomic mass is 9.81. The molecule has 73 heavy (non-hydrogen) atoms. The lowest BCUT2D eigenvalue weighted by Gasteiger charge is -2.32. The molecule has 0 saturated carbocycles. The summed E-state index contributed by atoms with van der Waals surface area (Å²) in [5.74, 6) is 0. The van der Waals surface area contributed by atoms with Crippen LogP contribution in [0, 0.1) is 0 Å². The van der Waals surface area contributed by atoms with Crippen molar-refractivity contribution < 1.29 is 0 Å². The van der Waals surface area contributed by atoms with Gasteiger partial charge in [0.05, 0.1) is 11.4 Å². The van der Waals surface area contributed by atoms with E-state index in [9.17, 15) is 0 Å². The van der Waals surface area contributed by atoms with E-state index in [4.69, 9.17) is 0 Å². The van der Waals surface area contributed by atoms with Crippen LogP contribution >= 0.6 is 0 Å². The molecule has 0 aromatic heterocycles. The van der Waals surface area contributed by atoms with Gasteiger partial charge in [0, 0.05) is 27.6 Å². The van der Waals surface area contributed by atoms with Gasteiger partial charge in [0.1, 0.15) is 0 Å². The van der Waals surface area contributed by atoms with Gasteiger partial charge in [-0.3, -0.25) is 0 Å². The van der Waals surface area contributed by atoms with E-state index in [1.165, 1.54) is 100 Å². The fourth-order valence-corrected chi connectivity index (χ4v) is 12.4. The average molecular weight is 934 g/mol. The Kier molecular flexibility index (Phi) is 10.6. The number of nitrogens with zero attached hydrogens (tertiary/aromatic N) is 1. The zero-order valence-corrected chi connectivity index (χ0v) is 41.8. The van der Waals surface area contributed by atoms with Crippen LogP contribution in [0.1, 0.15) is 49.9 Å². The fourth-order valence-electron chi connectivity index (χ4n) is 12.4. The Morgan fingerprint density at radius 3 is 1.22 bits per heavy atom. The molecule has 13 rings (SSSR count). The highest BCUT2D eigenvalue weighted by Gasteiger charge is 2.38. The molecule has 1 heteroatoms. The van der Waals surface area contributed by atoms with Crippen molar-refractivity contribution in [3.05, 3.63) is 283 Å². The highest BCUT2D eigenvalue weighted by atomic mass is 15.1. The van der Waals surface area contributed by atoms with E-state index in [1.54, 1.807) is 0 Å². The van der Waals surface area contributed by atoms with E-state index in [1.807, 2.05) is 0 Å². The van der Waals surface area contributed by atoms with E-state index in [-0.39, 0.29) is 10.8 Å². The maximum absolute atomic E-state index is 2.54. The quantitative estimate of drug-likeness (QED) is 0.139. The molecule has 11 aromatic rings. The van der Waals surface area contributed by atoms with Crippen LogP contribution in [-0.4, -0.2) is 0 Å². The lowest BCUT2D eigenvalue weighted by molar-refractivity contribution is 0.660. The van der Waals surface area contributed by atoms with Crippen molar-refractivity contribution in [3.63, 3.8) is 0 Å². The molecule has 2 aliphatic carbocycles. The molecular formula is C72H55N. The van der Waals surface area contributed by atoms with Gasteiger partial charge in [0.15, 0.2) is 0 Å². The van der Waals surface area contributed by atoms with Gasteiger partial charge in [-0.15, -0.1) is 0 Å². The van der Waals surface area contributed by atoms with Gasteiger partial charge >= 0.3 is 0 Å². The van der Waals surface area contributed by atoms with Crippen LogP contribution in [0.25, 0.3) is 89.0 Å². The van der Waals surface area contributed by atoms with Gasteiger partial charge in [-0.1, -0.05) is 258 Å². The summed E-state index contributed by atoms with van der Waals surface area (Å²) in [6, 6.07) is 96.8. The Labute approximate surface area is 430 Å². The van der Waals surface area contributed by atoms with Gasteiger partial charge in [0.25, 0.3) is 0 Å². The zero-order chi connectivity index (χ0) is 49.3. The third-order valence-corrected chi connectivity index (χ3v) is 15.9. The molecule has 0 bridgehead atoms. The molecule has 348 valence electrons. The van der Waals surface area contributed by atoms with Crippen LogP contribution in [0.2, 0.25) is 0 Å². The zero-order valence-electron chi connectivity index (χ0n) is 41.8. The summed E-state index contributed by atoms with van der Waals surface area (Å²) in [5, 5.41) is 0. The van der Waals surface area contributed by atoms with Gasteiger partial charge in [-0.05, 0) is 130 Å². The maximum atomic E-state index is 2.54.